The van der Waals surface area contributed by atoms with E-state index in [1.54, 1.807) is 0 Å². The van der Waals surface area contributed by atoms with Gasteiger partial charge in [-0.2, -0.15) is 0 Å². The maximum absolute atomic E-state index is 6.48. The van der Waals surface area contributed by atoms with E-state index in [2.05, 4.69) is 129 Å². The second-order valence-corrected chi connectivity index (χ2v) is 13.8. The lowest BCUT2D eigenvalue weighted by Crippen LogP contribution is -2.09. The van der Waals surface area contributed by atoms with E-state index in [0.717, 1.165) is 115 Å². The van der Waals surface area contributed by atoms with Crippen molar-refractivity contribution in [2.24, 2.45) is 0 Å². The molecule has 0 saturated heterocycles. The summed E-state index contributed by atoms with van der Waals surface area (Å²) in [6.07, 6.45) is 7.03. The van der Waals surface area contributed by atoms with Gasteiger partial charge in [0, 0.05) is 51.2 Å². The second kappa shape index (κ2) is 16.6. The highest BCUT2D eigenvalue weighted by molar-refractivity contribution is 5.89. The van der Waals surface area contributed by atoms with Crippen molar-refractivity contribution < 1.29 is 0 Å². The first-order valence-electron chi connectivity index (χ1n) is 18.9. The number of anilines is 4. The average Bonchev–Trinajstić information content (AvgIpc) is 3.71. The Balaban J connectivity index is 1.00. The summed E-state index contributed by atoms with van der Waals surface area (Å²) in [6.45, 7) is 7.26. The Morgan fingerprint density at radius 2 is 1.00 bits per heavy atom. The standard InChI is InChI=1S/C43H50N10/c1-3-5-17-38-50-40-34(52(38)28-32-13-9-7-10-14-32)25-36(48-42(40)44)46-24-23-30-19-21-31(22-20-30)27-47-37-26-35-41(43(45)49-37)51-39(18-6-4-2)53(35)29-33-15-11-8-12-16-33/h7-16,19-22,25-26H,3-6,17-18,23-24,27-29H2,1-2H3,(H3,44,46,48)(H3,45,47,49). The fourth-order valence-corrected chi connectivity index (χ4v) is 6.85. The van der Waals surface area contributed by atoms with Crippen LogP contribution in [0.15, 0.2) is 97.1 Å². The van der Waals surface area contributed by atoms with Crippen LogP contribution in [-0.2, 0) is 38.9 Å². The summed E-state index contributed by atoms with van der Waals surface area (Å²) in [6, 6.07) is 33.9. The molecule has 0 fully saturated rings. The van der Waals surface area contributed by atoms with Crippen LogP contribution < -0.4 is 22.1 Å². The third-order valence-corrected chi connectivity index (χ3v) is 9.78. The highest BCUT2D eigenvalue weighted by Crippen LogP contribution is 2.28. The molecule has 7 rings (SSSR count). The van der Waals surface area contributed by atoms with Crippen molar-refractivity contribution in [3.63, 3.8) is 0 Å². The molecule has 0 saturated carbocycles. The van der Waals surface area contributed by atoms with Crippen molar-refractivity contribution in [1.29, 1.82) is 0 Å². The fourth-order valence-electron chi connectivity index (χ4n) is 6.85. The van der Waals surface area contributed by atoms with Crippen molar-refractivity contribution in [3.05, 3.63) is 131 Å². The molecule has 6 N–H and O–H groups in total. The summed E-state index contributed by atoms with van der Waals surface area (Å²) in [5.74, 6) is 4.51. The molecule has 53 heavy (non-hydrogen) atoms. The monoisotopic (exact) mass is 706 g/mol. The van der Waals surface area contributed by atoms with Crippen LogP contribution in [0.3, 0.4) is 0 Å². The molecule has 0 aliphatic rings. The largest absolute Gasteiger partial charge is 0.382 e. The van der Waals surface area contributed by atoms with E-state index in [1.165, 1.54) is 16.7 Å². The number of nitrogens with zero attached hydrogens (tertiary/aromatic N) is 6. The van der Waals surface area contributed by atoms with Gasteiger partial charge in [-0.3, -0.25) is 0 Å². The molecule has 272 valence electrons. The number of nitrogens with two attached hydrogens (primary N) is 2. The van der Waals surface area contributed by atoms with E-state index in [-0.39, 0.29) is 0 Å². The number of aromatic nitrogens is 6. The molecule has 4 aromatic heterocycles. The Bertz CT molecular complexity index is 2260. The van der Waals surface area contributed by atoms with Crippen LogP contribution in [0.4, 0.5) is 23.3 Å². The van der Waals surface area contributed by atoms with Gasteiger partial charge in [-0.05, 0) is 41.5 Å². The number of fused-ring (bicyclic) bond motifs is 2. The van der Waals surface area contributed by atoms with Crippen LogP contribution in [0.25, 0.3) is 22.1 Å². The number of nitrogen functional groups attached to an aromatic ring is 2. The molecule has 0 unspecified atom stereocenters. The maximum atomic E-state index is 6.48. The number of unbranched alkanes of at least 4 members (excludes halogenated alkanes) is 2. The van der Waals surface area contributed by atoms with E-state index in [1.807, 2.05) is 12.1 Å². The molecule has 3 aromatic carbocycles. The van der Waals surface area contributed by atoms with Gasteiger partial charge in [-0.25, -0.2) is 19.9 Å². The van der Waals surface area contributed by atoms with Gasteiger partial charge in [0.2, 0.25) is 0 Å². The Morgan fingerprint density at radius 3 is 1.49 bits per heavy atom. The van der Waals surface area contributed by atoms with Crippen molar-refractivity contribution in [2.75, 3.05) is 28.6 Å². The number of benzene rings is 3. The zero-order chi connectivity index (χ0) is 36.6. The summed E-state index contributed by atoms with van der Waals surface area (Å²) in [5, 5.41) is 7.01. The molecule has 0 atom stereocenters. The van der Waals surface area contributed by atoms with Crippen molar-refractivity contribution in [3.8, 4) is 0 Å². The normalized spacial score (nSPS) is 11.4. The first-order valence-corrected chi connectivity index (χ1v) is 18.9. The van der Waals surface area contributed by atoms with Gasteiger partial charge in [0.25, 0.3) is 0 Å². The number of aryl methyl sites for hydroxylation is 2. The Hall–Kier alpha value is -5.90. The van der Waals surface area contributed by atoms with Crippen LogP contribution >= 0.6 is 0 Å². The zero-order valence-electron chi connectivity index (χ0n) is 30.9. The van der Waals surface area contributed by atoms with E-state index < -0.39 is 0 Å². The number of hydrogen-bond acceptors (Lipinski definition) is 8. The molecule has 0 amide bonds. The van der Waals surface area contributed by atoms with Crippen molar-refractivity contribution >= 4 is 45.3 Å². The third kappa shape index (κ3) is 8.43. The molecule has 0 aliphatic heterocycles. The molecular weight excluding hydrogens is 657 g/mol. The molecule has 10 nitrogen and oxygen atoms in total. The SMILES string of the molecule is CCCCc1nc2c(N)nc(NCCc3ccc(CNc4cc5c(nc(CCCC)n5Cc5ccccc5)c(N)n4)cc3)cc2n1Cc1ccccc1. The van der Waals surface area contributed by atoms with E-state index in [0.29, 0.717) is 18.2 Å². The van der Waals surface area contributed by atoms with Gasteiger partial charge >= 0.3 is 0 Å². The predicted molar refractivity (Wildman–Crippen MR) is 218 cm³/mol. The van der Waals surface area contributed by atoms with Gasteiger partial charge in [-0.1, -0.05) is 112 Å². The Morgan fingerprint density at radius 1 is 0.528 bits per heavy atom. The minimum atomic E-state index is 0.449. The molecule has 4 heterocycles. The lowest BCUT2D eigenvalue weighted by Gasteiger charge is -2.12. The molecular formula is C43H50N10. The van der Waals surface area contributed by atoms with Gasteiger partial charge in [0.05, 0.1) is 11.0 Å². The van der Waals surface area contributed by atoms with E-state index in [4.69, 9.17) is 21.4 Å². The topological polar surface area (TPSA) is 138 Å². The van der Waals surface area contributed by atoms with Gasteiger partial charge in [0.1, 0.15) is 34.3 Å². The highest BCUT2D eigenvalue weighted by Gasteiger charge is 2.17. The summed E-state index contributed by atoms with van der Waals surface area (Å²) in [5.41, 5.74) is 21.4. The number of hydrogen-bond donors (Lipinski definition) is 4. The average molecular weight is 707 g/mol. The van der Waals surface area contributed by atoms with Gasteiger partial charge < -0.3 is 31.2 Å². The number of imidazole rings is 2. The van der Waals surface area contributed by atoms with Crippen molar-refractivity contribution in [2.45, 2.75) is 78.4 Å². The number of rotatable bonds is 17. The molecule has 0 aliphatic carbocycles. The van der Waals surface area contributed by atoms with Crippen LogP contribution in [0.5, 0.6) is 0 Å². The van der Waals surface area contributed by atoms with E-state index >= 15 is 0 Å². The minimum absolute atomic E-state index is 0.449. The van der Waals surface area contributed by atoms with Gasteiger partial charge in [-0.15, -0.1) is 0 Å². The molecule has 0 spiro atoms. The molecule has 0 radical (unpaired) electrons. The molecule has 0 bridgehead atoms. The first-order chi connectivity index (χ1) is 26.0. The summed E-state index contributed by atoms with van der Waals surface area (Å²) >= 11 is 0. The van der Waals surface area contributed by atoms with Crippen LogP contribution in [0, 0.1) is 0 Å². The lowest BCUT2D eigenvalue weighted by molar-refractivity contribution is 0.690. The van der Waals surface area contributed by atoms with Crippen molar-refractivity contribution in [1.82, 2.24) is 29.1 Å². The summed E-state index contributed by atoms with van der Waals surface area (Å²) in [7, 11) is 0. The van der Waals surface area contributed by atoms with E-state index in [9.17, 15) is 0 Å². The lowest BCUT2D eigenvalue weighted by atomic mass is 10.1. The third-order valence-electron chi connectivity index (χ3n) is 9.78. The zero-order valence-corrected chi connectivity index (χ0v) is 30.9. The van der Waals surface area contributed by atoms with Crippen LogP contribution in [-0.4, -0.2) is 35.6 Å². The number of pyridine rings is 2. The van der Waals surface area contributed by atoms with Gasteiger partial charge in [0.15, 0.2) is 11.6 Å². The fraction of sp³-hybridized carbons (Fsp3) is 0.302. The minimum Gasteiger partial charge on any atom is -0.382 e. The summed E-state index contributed by atoms with van der Waals surface area (Å²) < 4.78 is 4.58. The molecule has 10 heteroatoms. The highest BCUT2D eigenvalue weighted by atomic mass is 15.1. The Kier molecular flexibility index (Phi) is 11.1. The smallest absolute Gasteiger partial charge is 0.154 e. The quantitative estimate of drug-likeness (QED) is 0.0741. The summed E-state index contributed by atoms with van der Waals surface area (Å²) in [4.78, 5) is 19.2. The second-order valence-electron chi connectivity index (χ2n) is 13.8. The first kappa shape index (κ1) is 35.5. The van der Waals surface area contributed by atoms with Crippen LogP contribution in [0.1, 0.15) is 73.4 Å². The Labute approximate surface area is 311 Å². The van der Waals surface area contributed by atoms with Crippen LogP contribution in [0.2, 0.25) is 0 Å². The predicted octanol–water partition coefficient (Wildman–Crippen LogP) is 8.39. The molecule has 7 aromatic rings. The maximum Gasteiger partial charge on any atom is 0.154 e. The number of nitrogens with one attached hydrogen (secondary N) is 2.